The number of aryl methyl sites for hydroxylation is 1. The number of nitriles is 2. The van der Waals surface area contributed by atoms with Crippen LogP contribution in [0, 0.1) is 28.6 Å². The number of hydrogen-bond acceptors (Lipinski definition) is 6. The molecule has 3 unspecified atom stereocenters. The van der Waals surface area contributed by atoms with Crippen LogP contribution in [0.2, 0.25) is 0 Å². The average Bonchev–Trinajstić information content (AvgIpc) is 3.14. The number of piperazine rings is 1. The van der Waals surface area contributed by atoms with Crippen LogP contribution >= 0.6 is 0 Å². The van der Waals surface area contributed by atoms with Crippen LogP contribution in [0.4, 0.5) is 0 Å². The third-order valence-electron chi connectivity index (χ3n) is 8.22. The minimum atomic E-state index is -0.706. The third-order valence-corrected chi connectivity index (χ3v) is 8.22. The lowest BCUT2D eigenvalue weighted by molar-refractivity contribution is -0.141. The first-order chi connectivity index (χ1) is 15.5. The second-order valence-corrected chi connectivity index (χ2v) is 9.98. The molecule has 6 rings (SSSR count). The van der Waals surface area contributed by atoms with Crippen molar-refractivity contribution in [2.45, 2.75) is 68.4 Å². The highest BCUT2D eigenvalue weighted by atomic mass is 16.2. The summed E-state index contributed by atoms with van der Waals surface area (Å²) >= 11 is 0. The van der Waals surface area contributed by atoms with Crippen molar-refractivity contribution in [1.29, 1.82) is 10.5 Å². The summed E-state index contributed by atoms with van der Waals surface area (Å²) < 4.78 is 0. The van der Waals surface area contributed by atoms with E-state index >= 15 is 0 Å². The molecule has 3 heterocycles. The highest BCUT2D eigenvalue weighted by molar-refractivity contribution is 5.87. The molecule has 0 spiro atoms. The molecule has 8 heteroatoms. The number of nitrogens with zero attached hydrogens (tertiary/aromatic N) is 5. The molecule has 5 aliphatic rings. The van der Waals surface area contributed by atoms with Gasteiger partial charge >= 0.3 is 0 Å². The molecule has 1 aromatic carbocycles. The molecule has 4 fully saturated rings. The molecule has 8 nitrogen and oxygen atoms in total. The maximum atomic E-state index is 13.3. The lowest BCUT2D eigenvalue weighted by Crippen LogP contribution is -2.57. The maximum absolute atomic E-state index is 13.3. The predicted molar refractivity (Wildman–Crippen MR) is 114 cm³/mol. The van der Waals surface area contributed by atoms with Crippen LogP contribution in [-0.2, 0) is 16.0 Å². The summed E-state index contributed by atoms with van der Waals surface area (Å²) in [6, 6.07) is 9.34. The van der Waals surface area contributed by atoms with Crippen molar-refractivity contribution in [1.82, 2.24) is 14.7 Å². The number of amides is 2. The minimum Gasteiger partial charge on any atom is -0.330 e. The van der Waals surface area contributed by atoms with Crippen LogP contribution in [0.3, 0.4) is 0 Å². The van der Waals surface area contributed by atoms with Crippen molar-refractivity contribution in [3.05, 3.63) is 34.9 Å². The summed E-state index contributed by atoms with van der Waals surface area (Å²) in [5.41, 5.74) is 9.31. The summed E-state index contributed by atoms with van der Waals surface area (Å²) in [4.78, 5) is 32.1. The molecule has 0 radical (unpaired) electrons. The van der Waals surface area contributed by atoms with E-state index < -0.39 is 6.04 Å². The van der Waals surface area contributed by atoms with Crippen molar-refractivity contribution < 1.29 is 9.59 Å². The van der Waals surface area contributed by atoms with Gasteiger partial charge in [0.25, 0.3) is 0 Å². The number of piperidine rings is 1. The Kier molecular flexibility index (Phi) is 4.33. The van der Waals surface area contributed by atoms with Crippen LogP contribution < -0.4 is 5.73 Å². The highest BCUT2D eigenvalue weighted by Gasteiger charge is 2.56. The van der Waals surface area contributed by atoms with Gasteiger partial charge in [0.2, 0.25) is 11.8 Å². The van der Waals surface area contributed by atoms with Gasteiger partial charge in [-0.1, -0.05) is 6.07 Å². The summed E-state index contributed by atoms with van der Waals surface area (Å²) in [5, 5.41) is 18.5. The summed E-state index contributed by atoms with van der Waals surface area (Å²) in [6.45, 7) is 1.09. The first-order valence-electron chi connectivity index (χ1n) is 11.6. The van der Waals surface area contributed by atoms with Crippen molar-refractivity contribution in [3.8, 4) is 12.1 Å². The molecule has 0 aromatic heterocycles. The van der Waals surface area contributed by atoms with Gasteiger partial charge in [0.15, 0.2) is 0 Å². The molecule has 3 aliphatic heterocycles. The van der Waals surface area contributed by atoms with E-state index in [0.717, 1.165) is 38.6 Å². The fourth-order valence-electron chi connectivity index (χ4n) is 6.66. The zero-order valence-electron chi connectivity index (χ0n) is 17.9. The SMILES string of the molecule is N#Cc1ccc2c(c1)CC[C@@H]2N1C(=O)[C@@H]2CC1CN2CC(N)C(=O)N1C(C#N)C[C@@H]2C[C@@H]21. The van der Waals surface area contributed by atoms with E-state index in [9.17, 15) is 14.9 Å². The lowest BCUT2D eigenvalue weighted by Gasteiger charge is -2.38. The molecule has 2 bridgehead atoms. The molecule has 1 aromatic rings. The Morgan fingerprint density at radius 1 is 1.22 bits per heavy atom. The number of carbonyl (C=O) groups excluding carboxylic acids is 2. The van der Waals surface area contributed by atoms with Gasteiger partial charge in [-0.3, -0.25) is 14.5 Å². The van der Waals surface area contributed by atoms with Gasteiger partial charge in [-0.2, -0.15) is 10.5 Å². The Labute approximate surface area is 187 Å². The maximum Gasteiger partial charge on any atom is 0.242 e. The van der Waals surface area contributed by atoms with Gasteiger partial charge in [-0.05, 0) is 61.3 Å². The number of benzene rings is 1. The zero-order chi connectivity index (χ0) is 22.1. The van der Waals surface area contributed by atoms with Crippen LogP contribution in [0.1, 0.15) is 48.4 Å². The van der Waals surface area contributed by atoms with E-state index in [-0.39, 0.29) is 42.0 Å². The second kappa shape index (κ2) is 7.03. The highest BCUT2D eigenvalue weighted by Crippen LogP contribution is 2.48. The first-order valence-corrected chi connectivity index (χ1v) is 11.6. The third kappa shape index (κ3) is 2.80. The number of carbonyl (C=O) groups is 2. The van der Waals surface area contributed by atoms with E-state index in [1.54, 1.807) is 4.90 Å². The van der Waals surface area contributed by atoms with Gasteiger partial charge in [0.05, 0.1) is 35.8 Å². The molecule has 3 saturated heterocycles. The Bertz CT molecular complexity index is 1090. The van der Waals surface area contributed by atoms with E-state index in [2.05, 4.69) is 17.0 Å². The zero-order valence-corrected chi connectivity index (χ0v) is 17.9. The number of hydrogen-bond donors (Lipinski definition) is 1. The van der Waals surface area contributed by atoms with Crippen molar-refractivity contribution >= 4 is 11.8 Å². The normalized spacial score (nSPS) is 35.4. The van der Waals surface area contributed by atoms with Crippen LogP contribution in [0.25, 0.3) is 0 Å². The van der Waals surface area contributed by atoms with Gasteiger partial charge in [0.1, 0.15) is 6.04 Å². The number of likely N-dealkylation sites (tertiary alicyclic amines) is 3. The molecule has 2 aliphatic carbocycles. The van der Waals surface area contributed by atoms with Gasteiger partial charge in [0, 0.05) is 25.2 Å². The monoisotopic (exact) mass is 430 g/mol. The van der Waals surface area contributed by atoms with E-state index in [4.69, 9.17) is 11.0 Å². The number of nitrogens with two attached hydrogens (primary N) is 1. The van der Waals surface area contributed by atoms with Crippen LogP contribution in [0.15, 0.2) is 18.2 Å². The first kappa shape index (κ1) is 19.7. The van der Waals surface area contributed by atoms with E-state index in [1.807, 2.05) is 23.1 Å². The molecule has 2 N–H and O–H groups in total. The molecule has 1 saturated carbocycles. The standard InChI is InChI=1S/C24H26N6O2/c25-9-13-1-3-18-14(5-13)2-4-20(18)30-17-8-22(24(30)32)28(11-17)12-19(27)23(31)29-16(10-26)6-15-7-21(15)29/h1,3,5,15-17,19-22H,2,4,6-8,11-12,27H2/t15-,16?,17?,19?,20+,21+,22+/m1/s1. The second-order valence-electron chi connectivity index (χ2n) is 9.98. The Morgan fingerprint density at radius 2 is 2.06 bits per heavy atom. The summed E-state index contributed by atoms with van der Waals surface area (Å²) in [5.74, 6) is 0.445. The van der Waals surface area contributed by atoms with Crippen molar-refractivity contribution in [3.63, 3.8) is 0 Å². The minimum absolute atomic E-state index is 0.0745. The van der Waals surface area contributed by atoms with E-state index in [1.165, 1.54) is 11.1 Å². The Hall–Kier alpha value is -2.94. The Balaban J connectivity index is 1.13. The lowest BCUT2D eigenvalue weighted by atomic mass is 10.0. The predicted octanol–water partition coefficient (Wildman–Crippen LogP) is 0.671. The van der Waals surface area contributed by atoms with Gasteiger partial charge in [-0.15, -0.1) is 0 Å². The fourth-order valence-corrected chi connectivity index (χ4v) is 6.66. The van der Waals surface area contributed by atoms with E-state index in [0.29, 0.717) is 18.0 Å². The van der Waals surface area contributed by atoms with Gasteiger partial charge in [-0.25, -0.2) is 0 Å². The molecule has 164 valence electrons. The van der Waals surface area contributed by atoms with Crippen LogP contribution in [0.5, 0.6) is 0 Å². The molecule has 2 amide bonds. The number of rotatable bonds is 4. The van der Waals surface area contributed by atoms with Crippen molar-refractivity contribution in [2.75, 3.05) is 13.1 Å². The largest absolute Gasteiger partial charge is 0.330 e. The average molecular weight is 431 g/mol. The molecule has 32 heavy (non-hydrogen) atoms. The molecular weight excluding hydrogens is 404 g/mol. The summed E-state index contributed by atoms with van der Waals surface area (Å²) in [7, 11) is 0. The van der Waals surface area contributed by atoms with Crippen LogP contribution in [-0.4, -0.2) is 69.8 Å². The topological polar surface area (TPSA) is 117 Å². The smallest absolute Gasteiger partial charge is 0.242 e. The summed E-state index contributed by atoms with van der Waals surface area (Å²) in [6.07, 6.45) is 4.30. The number of fused-ring (bicyclic) bond motifs is 4. The quantitative estimate of drug-likeness (QED) is 0.750. The Morgan fingerprint density at radius 3 is 2.81 bits per heavy atom. The molecular formula is C24H26N6O2. The molecule has 7 atom stereocenters. The fraction of sp³-hybridized carbons (Fsp3) is 0.583. The van der Waals surface area contributed by atoms with Gasteiger partial charge < -0.3 is 15.5 Å². The van der Waals surface area contributed by atoms with Crippen molar-refractivity contribution in [2.24, 2.45) is 11.7 Å².